The van der Waals surface area contributed by atoms with Gasteiger partial charge in [-0.2, -0.15) is 13.2 Å². The highest BCUT2D eigenvalue weighted by Gasteiger charge is 2.30. The van der Waals surface area contributed by atoms with E-state index >= 15 is 0 Å². The van der Waals surface area contributed by atoms with Gasteiger partial charge in [0.15, 0.2) is 6.61 Å². The number of primary amides is 1. The largest absolute Gasteiger partial charge is 0.484 e. The van der Waals surface area contributed by atoms with Gasteiger partial charge in [0.2, 0.25) is 5.91 Å². The van der Waals surface area contributed by atoms with Gasteiger partial charge in [-0.05, 0) is 23.8 Å². The van der Waals surface area contributed by atoms with Crippen LogP contribution >= 0.6 is 0 Å². The van der Waals surface area contributed by atoms with Crippen LogP contribution in [0.3, 0.4) is 0 Å². The molecule has 0 bridgehead atoms. The van der Waals surface area contributed by atoms with Crippen molar-refractivity contribution in [1.82, 2.24) is 4.90 Å². The fourth-order valence-corrected chi connectivity index (χ4v) is 2.53. The first-order valence-electron chi connectivity index (χ1n) is 8.07. The van der Waals surface area contributed by atoms with E-state index in [2.05, 4.69) is 0 Å². The number of hydrogen-bond acceptors (Lipinski definition) is 3. The van der Waals surface area contributed by atoms with Gasteiger partial charge in [-0.1, -0.05) is 36.4 Å². The lowest BCUT2D eigenvalue weighted by Crippen LogP contribution is -2.36. The van der Waals surface area contributed by atoms with Crippen LogP contribution in [-0.2, 0) is 15.8 Å². The molecule has 0 aromatic heterocycles. The van der Waals surface area contributed by atoms with Gasteiger partial charge in [-0.3, -0.25) is 9.59 Å². The molecule has 0 fully saturated rings. The molecule has 0 spiro atoms. The number of amides is 2. The van der Waals surface area contributed by atoms with Crippen molar-refractivity contribution in [2.24, 2.45) is 5.73 Å². The Morgan fingerprint density at radius 3 is 2.37 bits per heavy atom. The molecule has 0 saturated carbocycles. The zero-order valence-corrected chi connectivity index (χ0v) is 14.6. The Labute approximate surface area is 154 Å². The van der Waals surface area contributed by atoms with Gasteiger partial charge < -0.3 is 15.4 Å². The summed E-state index contributed by atoms with van der Waals surface area (Å²) in [6.07, 6.45) is -4.59. The second-order valence-electron chi connectivity index (χ2n) is 5.92. The predicted molar refractivity (Wildman–Crippen MR) is 92.7 cm³/mol. The highest BCUT2D eigenvalue weighted by Crippen LogP contribution is 2.31. The highest BCUT2D eigenvalue weighted by molar-refractivity contribution is 5.80. The van der Waals surface area contributed by atoms with E-state index < -0.39 is 36.2 Å². The van der Waals surface area contributed by atoms with Crippen LogP contribution in [0.15, 0.2) is 54.6 Å². The minimum atomic E-state index is -4.50. The average molecular weight is 380 g/mol. The van der Waals surface area contributed by atoms with Crippen LogP contribution in [0.1, 0.15) is 23.6 Å². The first kappa shape index (κ1) is 20.3. The summed E-state index contributed by atoms with van der Waals surface area (Å²) in [4.78, 5) is 25.1. The van der Waals surface area contributed by atoms with E-state index in [1.807, 2.05) is 0 Å². The van der Waals surface area contributed by atoms with E-state index in [9.17, 15) is 22.8 Å². The standard InChI is InChI=1S/C19H19F3N2O3/c1-24(16(11-17(23)25)13-6-3-2-4-7-13)18(26)12-27-15-9-5-8-14(10-15)19(20,21)22/h2-10,16H,11-12H2,1H3,(H2,23,25)/t16-/m0/s1. The maximum absolute atomic E-state index is 12.7. The number of ether oxygens (including phenoxy) is 1. The summed E-state index contributed by atoms with van der Waals surface area (Å²) >= 11 is 0. The van der Waals surface area contributed by atoms with Crippen molar-refractivity contribution in [3.05, 3.63) is 65.7 Å². The van der Waals surface area contributed by atoms with Crippen molar-refractivity contribution in [1.29, 1.82) is 0 Å². The summed E-state index contributed by atoms with van der Waals surface area (Å²) in [5.41, 5.74) is 5.13. The summed E-state index contributed by atoms with van der Waals surface area (Å²) in [6, 6.07) is 12.5. The van der Waals surface area contributed by atoms with E-state index in [1.54, 1.807) is 30.3 Å². The number of rotatable bonds is 7. The zero-order valence-electron chi connectivity index (χ0n) is 14.6. The Hall–Kier alpha value is -3.03. The van der Waals surface area contributed by atoms with E-state index in [-0.39, 0.29) is 12.2 Å². The second-order valence-corrected chi connectivity index (χ2v) is 5.92. The van der Waals surface area contributed by atoms with Crippen molar-refractivity contribution >= 4 is 11.8 Å². The molecule has 27 heavy (non-hydrogen) atoms. The Balaban J connectivity index is 2.08. The topological polar surface area (TPSA) is 72.6 Å². The van der Waals surface area contributed by atoms with E-state index in [0.717, 1.165) is 12.1 Å². The lowest BCUT2D eigenvalue weighted by Gasteiger charge is -2.28. The molecule has 8 heteroatoms. The average Bonchev–Trinajstić information content (AvgIpc) is 2.63. The number of nitrogens with two attached hydrogens (primary N) is 1. The molecule has 0 radical (unpaired) electrons. The quantitative estimate of drug-likeness (QED) is 0.802. The maximum Gasteiger partial charge on any atom is 0.416 e. The summed E-state index contributed by atoms with van der Waals surface area (Å²) < 4.78 is 43.4. The van der Waals surface area contributed by atoms with Crippen molar-refractivity contribution < 1.29 is 27.5 Å². The van der Waals surface area contributed by atoms with Crippen LogP contribution in [0, 0.1) is 0 Å². The van der Waals surface area contributed by atoms with Crippen LogP contribution in [0.4, 0.5) is 13.2 Å². The number of carbonyl (C=O) groups is 2. The molecule has 0 aliphatic carbocycles. The molecule has 0 heterocycles. The minimum absolute atomic E-state index is 0.0715. The SMILES string of the molecule is CN(C(=O)COc1cccc(C(F)(F)F)c1)[C@@H](CC(N)=O)c1ccccc1. The second kappa shape index (κ2) is 8.57. The molecule has 2 amide bonds. The van der Waals surface area contributed by atoms with Gasteiger partial charge in [-0.25, -0.2) is 0 Å². The van der Waals surface area contributed by atoms with Crippen molar-refractivity contribution in [2.75, 3.05) is 13.7 Å². The van der Waals surface area contributed by atoms with Gasteiger partial charge >= 0.3 is 6.18 Å². The van der Waals surface area contributed by atoms with Gasteiger partial charge in [0.25, 0.3) is 5.91 Å². The Kier molecular flexibility index (Phi) is 6.44. The molecule has 1 atom stereocenters. The van der Waals surface area contributed by atoms with E-state index in [0.29, 0.717) is 5.56 Å². The molecule has 0 saturated heterocycles. The third kappa shape index (κ3) is 5.73. The monoisotopic (exact) mass is 380 g/mol. The first-order valence-corrected chi connectivity index (χ1v) is 8.07. The third-order valence-electron chi connectivity index (χ3n) is 3.96. The third-order valence-corrected chi connectivity index (χ3v) is 3.96. The smallest absolute Gasteiger partial charge is 0.416 e. The lowest BCUT2D eigenvalue weighted by atomic mass is 10.0. The normalized spacial score (nSPS) is 12.3. The number of nitrogens with zero attached hydrogens (tertiary/aromatic N) is 1. The predicted octanol–water partition coefficient (Wildman–Crippen LogP) is 3.16. The number of halogens is 3. The molecule has 144 valence electrons. The molecular formula is C19H19F3N2O3. The number of alkyl halides is 3. The zero-order chi connectivity index (χ0) is 20.0. The molecular weight excluding hydrogens is 361 g/mol. The van der Waals surface area contributed by atoms with Crippen LogP contribution in [0.25, 0.3) is 0 Å². The fraction of sp³-hybridized carbons (Fsp3) is 0.263. The van der Waals surface area contributed by atoms with Gasteiger partial charge in [0.1, 0.15) is 5.75 Å². The van der Waals surface area contributed by atoms with Crippen LogP contribution in [-0.4, -0.2) is 30.4 Å². The molecule has 2 aromatic carbocycles. The number of likely N-dealkylation sites (N-methyl/N-ethyl adjacent to an activating group) is 1. The van der Waals surface area contributed by atoms with Crippen LogP contribution in [0.5, 0.6) is 5.75 Å². The summed E-state index contributed by atoms with van der Waals surface area (Å²) in [5, 5.41) is 0. The van der Waals surface area contributed by atoms with Crippen molar-refractivity contribution in [3.63, 3.8) is 0 Å². The van der Waals surface area contributed by atoms with Crippen LogP contribution in [0.2, 0.25) is 0 Å². The van der Waals surface area contributed by atoms with Crippen molar-refractivity contribution in [3.8, 4) is 5.75 Å². The number of carbonyl (C=O) groups excluding carboxylic acids is 2. The summed E-state index contributed by atoms with van der Waals surface area (Å²) in [5.74, 6) is -1.15. The van der Waals surface area contributed by atoms with E-state index in [4.69, 9.17) is 10.5 Å². The Morgan fingerprint density at radius 1 is 1.11 bits per heavy atom. The fourth-order valence-electron chi connectivity index (χ4n) is 2.53. The maximum atomic E-state index is 12.7. The van der Waals surface area contributed by atoms with Gasteiger partial charge in [0.05, 0.1) is 18.0 Å². The Morgan fingerprint density at radius 2 is 1.78 bits per heavy atom. The molecule has 0 unspecified atom stereocenters. The molecule has 0 aliphatic rings. The summed E-state index contributed by atoms with van der Waals surface area (Å²) in [6.45, 7) is -0.472. The van der Waals surface area contributed by atoms with Crippen molar-refractivity contribution in [2.45, 2.75) is 18.6 Å². The van der Waals surface area contributed by atoms with E-state index in [1.165, 1.54) is 24.1 Å². The van der Waals surface area contributed by atoms with Crippen LogP contribution < -0.4 is 10.5 Å². The number of benzene rings is 2. The minimum Gasteiger partial charge on any atom is -0.484 e. The molecule has 2 rings (SSSR count). The Bertz CT molecular complexity index is 794. The molecule has 5 nitrogen and oxygen atoms in total. The van der Waals surface area contributed by atoms with Gasteiger partial charge in [-0.15, -0.1) is 0 Å². The highest BCUT2D eigenvalue weighted by atomic mass is 19.4. The molecule has 2 N–H and O–H groups in total. The van der Waals surface area contributed by atoms with Gasteiger partial charge in [0, 0.05) is 7.05 Å². The molecule has 2 aromatic rings. The lowest BCUT2D eigenvalue weighted by molar-refractivity contribution is -0.137. The first-order chi connectivity index (χ1) is 12.7. The number of hydrogen-bond donors (Lipinski definition) is 1. The molecule has 0 aliphatic heterocycles. The summed E-state index contributed by atoms with van der Waals surface area (Å²) in [7, 11) is 1.48.